The summed E-state index contributed by atoms with van der Waals surface area (Å²) in [5, 5.41) is 6.12. The highest BCUT2D eigenvalue weighted by Gasteiger charge is 2.32. The van der Waals surface area contributed by atoms with Crippen LogP contribution in [-0.2, 0) is 12.7 Å². The maximum absolute atomic E-state index is 12.7. The number of pyridine rings is 2. The molecule has 0 saturated carbocycles. The van der Waals surface area contributed by atoms with E-state index >= 15 is 0 Å². The van der Waals surface area contributed by atoms with Gasteiger partial charge in [-0.25, -0.2) is 4.98 Å². The molecule has 5 nitrogen and oxygen atoms in total. The van der Waals surface area contributed by atoms with Crippen molar-refractivity contribution in [1.82, 2.24) is 15.3 Å². The molecule has 24 heavy (non-hydrogen) atoms. The minimum atomic E-state index is -4.46. The number of ether oxygens (including phenoxy) is 1. The van der Waals surface area contributed by atoms with Crippen molar-refractivity contribution in [3.63, 3.8) is 0 Å². The van der Waals surface area contributed by atoms with Crippen molar-refractivity contribution in [2.45, 2.75) is 25.2 Å². The molecule has 2 aromatic heterocycles. The van der Waals surface area contributed by atoms with Gasteiger partial charge in [0.25, 0.3) is 0 Å². The molecular formula is C16H17F3N4O. The molecule has 0 unspecified atom stereocenters. The Morgan fingerprint density at radius 1 is 1.29 bits per heavy atom. The molecule has 0 amide bonds. The van der Waals surface area contributed by atoms with Gasteiger partial charge in [0.2, 0.25) is 0 Å². The van der Waals surface area contributed by atoms with E-state index in [0.29, 0.717) is 12.3 Å². The highest BCUT2D eigenvalue weighted by atomic mass is 19.4. The fourth-order valence-corrected chi connectivity index (χ4v) is 2.45. The molecular weight excluding hydrogens is 321 g/mol. The molecule has 3 heterocycles. The molecule has 1 aliphatic heterocycles. The quantitative estimate of drug-likeness (QED) is 0.878. The van der Waals surface area contributed by atoms with E-state index < -0.39 is 11.9 Å². The zero-order valence-corrected chi connectivity index (χ0v) is 12.8. The Kier molecular flexibility index (Phi) is 4.84. The van der Waals surface area contributed by atoms with Gasteiger partial charge in [0.1, 0.15) is 23.4 Å². The number of anilines is 1. The molecule has 1 saturated heterocycles. The summed E-state index contributed by atoms with van der Waals surface area (Å²) in [4.78, 5) is 7.64. The Morgan fingerprint density at radius 2 is 2.17 bits per heavy atom. The monoisotopic (exact) mass is 338 g/mol. The summed E-state index contributed by atoms with van der Waals surface area (Å²) >= 11 is 0. The average Bonchev–Trinajstić information content (AvgIpc) is 3.07. The van der Waals surface area contributed by atoms with Crippen LogP contribution in [0.4, 0.5) is 19.0 Å². The summed E-state index contributed by atoms with van der Waals surface area (Å²) < 4.78 is 44.0. The highest BCUT2D eigenvalue weighted by molar-refractivity contribution is 5.39. The zero-order chi connectivity index (χ0) is 17.0. The molecule has 2 N–H and O–H groups in total. The van der Waals surface area contributed by atoms with Crippen molar-refractivity contribution >= 4 is 5.82 Å². The minimum absolute atomic E-state index is 0.0830. The topological polar surface area (TPSA) is 59.1 Å². The zero-order valence-electron chi connectivity index (χ0n) is 12.8. The van der Waals surface area contributed by atoms with Gasteiger partial charge >= 0.3 is 6.18 Å². The van der Waals surface area contributed by atoms with Crippen molar-refractivity contribution in [1.29, 1.82) is 0 Å². The van der Waals surface area contributed by atoms with E-state index in [2.05, 4.69) is 20.6 Å². The minimum Gasteiger partial charge on any atom is -0.487 e. The summed E-state index contributed by atoms with van der Waals surface area (Å²) in [5.41, 5.74) is -0.105. The van der Waals surface area contributed by atoms with Gasteiger partial charge in [-0.3, -0.25) is 4.98 Å². The molecule has 0 radical (unpaired) electrons. The van der Waals surface area contributed by atoms with Crippen LogP contribution in [0, 0.1) is 0 Å². The largest absolute Gasteiger partial charge is 0.487 e. The van der Waals surface area contributed by atoms with Gasteiger partial charge in [-0.15, -0.1) is 0 Å². The lowest BCUT2D eigenvalue weighted by molar-refractivity contribution is -0.141. The van der Waals surface area contributed by atoms with Crippen LogP contribution in [0.2, 0.25) is 0 Å². The summed E-state index contributed by atoms with van der Waals surface area (Å²) in [6, 6.07) is 5.54. The number of alkyl halides is 3. The molecule has 0 aromatic carbocycles. The number of hydrogen-bond acceptors (Lipinski definition) is 5. The van der Waals surface area contributed by atoms with Crippen LogP contribution in [0.3, 0.4) is 0 Å². The first kappa shape index (κ1) is 16.5. The van der Waals surface area contributed by atoms with Crippen LogP contribution in [0.5, 0.6) is 5.75 Å². The van der Waals surface area contributed by atoms with Crippen LogP contribution in [0.1, 0.15) is 17.7 Å². The molecule has 1 aliphatic rings. The third-order valence-corrected chi connectivity index (χ3v) is 3.68. The molecule has 1 atom stereocenters. The molecule has 1 fully saturated rings. The second kappa shape index (κ2) is 7.04. The van der Waals surface area contributed by atoms with Gasteiger partial charge in [-0.05, 0) is 31.2 Å². The Morgan fingerprint density at radius 3 is 2.92 bits per heavy atom. The van der Waals surface area contributed by atoms with Gasteiger partial charge in [-0.1, -0.05) is 6.07 Å². The Bertz CT molecular complexity index is 687. The van der Waals surface area contributed by atoms with Gasteiger partial charge in [0, 0.05) is 24.8 Å². The van der Waals surface area contributed by atoms with Gasteiger partial charge < -0.3 is 15.4 Å². The van der Waals surface area contributed by atoms with E-state index in [1.54, 1.807) is 18.5 Å². The average molecular weight is 338 g/mol. The second-order valence-electron chi connectivity index (χ2n) is 5.48. The predicted octanol–water partition coefficient (Wildman–Crippen LogP) is 2.85. The lowest BCUT2D eigenvalue weighted by atomic mass is 10.2. The van der Waals surface area contributed by atoms with Gasteiger partial charge in [0.15, 0.2) is 0 Å². The summed E-state index contributed by atoms with van der Waals surface area (Å²) in [6.45, 7) is 1.98. The summed E-state index contributed by atoms with van der Waals surface area (Å²) in [5.74, 6) is 0.792. The fourth-order valence-electron chi connectivity index (χ4n) is 2.45. The van der Waals surface area contributed by atoms with Crippen LogP contribution < -0.4 is 15.4 Å². The van der Waals surface area contributed by atoms with Crippen molar-refractivity contribution in [2.75, 3.05) is 18.4 Å². The first-order valence-electron chi connectivity index (χ1n) is 7.61. The molecule has 128 valence electrons. The van der Waals surface area contributed by atoms with Crippen molar-refractivity contribution in [3.05, 3.63) is 47.9 Å². The van der Waals surface area contributed by atoms with E-state index in [-0.39, 0.29) is 11.9 Å². The third kappa shape index (κ3) is 4.14. The van der Waals surface area contributed by atoms with Crippen LogP contribution in [0.15, 0.2) is 36.7 Å². The second-order valence-corrected chi connectivity index (χ2v) is 5.48. The standard InChI is InChI=1S/C16H17F3N4O/c17-16(18,19)14-2-1-3-15(23-14)22-8-11-4-6-21-10-13(11)24-12-5-7-20-9-12/h1-4,6,10,12,20H,5,7-9H2,(H,22,23)/t12-/m0/s1. The third-order valence-electron chi connectivity index (χ3n) is 3.68. The van der Waals surface area contributed by atoms with E-state index in [1.165, 1.54) is 12.1 Å². The number of aromatic nitrogens is 2. The SMILES string of the molecule is FC(F)(F)c1cccc(NCc2ccncc2O[C@H]2CCNC2)n1. The number of rotatable bonds is 5. The van der Waals surface area contributed by atoms with Crippen molar-refractivity contribution in [3.8, 4) is 5.75 Å². The van der Waals surface area contributed by atoms with E-state index in [0.717, 1.165) is 31.1 Å². The number of hydrogen-bond donors (Lipinski definition) is 2. The van der Waals surface area contributed by atoms with E-state index in [4.69, 9.17) is 4.74 Å². The summed E-state index contributed by atoms with van der Waals surface area (Å²) in [7, 11) is 0. The number of halogens is 3. The lowest BCUT2D eigenvalue weighted by Gasteiger charge is -2.16. The first-order chi connectivity index (χ1) is 11.5. The molecule has 3 rings (SSSR count). The smallest absolute Gasteiger partial charge is 0.433 e. The molecule has 8 heteroatoms. The normalized spacial score (nSPS) is 17.7. The van der Waals surface area contributed by atoms with Crippen molar-refractivity contribution in [2.24, 2.45) is 0 Å². The molecule has 0 aliphatic carbocycles. The Hall–Kier alpha value is -2.35. The molecule has 2 aromatic rings. The van der Waals surface area contributed by atoms with E-state index in [9.17, 15) is 13.2 Å². The molecule has 0 bridgehead atoms. The van der Waals surface area contributed by atoms with Gasteiger partial charge in [-0.2, -0.15) is 13.2 Å². The maximum atomic E-state index is 12.7. The molecule has 0 spiro atoms. The Labute approximate surface area is 137 Å². The predicted molar refractivity (Wildman–Crippen MR) is 82.7 cm³/mol. The lowest BCUT2D eigenvalue weighted by Crippen LogP contribution is -2.20. The Balaban J connectivity index is 1.68. The number of nitrogens with one attached hydrogen (secondary N) is 2. The van der Waals surface area contributed by atoms with Crippen LogP contribution in [-0.4, -0.2) is 29.2 Å². The summed E-state index contributed by atoms with van der Waals surface area (Å²) in [6.07, 6.45) is -0.222. The maximum Gasteiger partial charge on any atom is 0.433 e. The van der Waals surface area contributed by atoms with Crippen LogP contribution >= 0.6 is 0 Å². The highest BCUT2D eigenvalue weighted by Crippen LogP contribution is 2.28. The number of nitrogens with zero attached hydrogens (tertiary/aromatic N) is 2. The first-order valence-corrected chi connectivity index (χ1v) is 7.61. The van der Waals surface area contributed by atoms with Crippen LogP contribution in [0.25, 0.3) is 0 Å². The van der Waals surface area contributed by atoms with Gasteiger partial charge in [0.05, 0.1) is 6.20 Å². The van der Waals surface area contributed by atoms with Crippen molar-refractivity contribution < 1.29 is 17.9 Å². The van der Waals surface area contributed by atoms with E-state index in [1.807, 2.05) is 0 Å². The fraction of sp³-hybridized carbons (Fsp3) is 0.375.